The Bertz CT molecular complexity index is 921. The monoisotopic (exact) mass is 732 g/mol. The topological polar surface area (TPSA) is 111 Å². The highest BCUT2D eigenvalue weighted by Crippen LogP contribution is 2.58. The molecule has 0 saturated carbocycles. The van der Waals surface area contributed by atoms with Crippen LogP contribution in [0.5, 0.6) is 0 Å². The molecular formula is C22H52O12Si8. The predicted molar refractivity (Wildman–Crippen MR) is 171 cm³/mol. The third-order valence-electron chi connectivity index (χ3n) is 8.49. The largest absolute Gasteiger partial charge is 0.481 e. The van der Waals surface area contributed by atoms with Crippen molar-refractivity contribution in [2.24, 2.45) is 0 Å². The van der Waals surface area contributed by atoms with Crippen LogP contribution < -0.4 is 0 Å². The first-order valence-corrected chi connectivity index (χ1v) is 30.3. The van der Waals surface area contributed by atoms with Crippen molar-refractivity contribution in [3.8, 4) is 0 Å². The Labute approximate surface area is 261 Å². The van der Waals surface area contributed by atoms with Gasteiger partial charge in [0.05, 0.1) is 0 Å². The van der Waals surface area contributed by atoms with Gasteiger partial charge in [-0.2, -0.15) is 0 Å². The van der Waals surface area contributed by atoms with Crippen molar-refractivity contribution < 1.29 is 49.4 Å². The molecule has 6 saturated heterocycles. The molecule has 6 aliphatic heterocycles. The zero-order valence-corrected chi connectivity index (χ0v) is 35.9. The molecule has 6 aliphatic rings. The first kappa shape index (κ1) is 34.6. The SMILES string of the molecule is CC(C)[Si]12O[Si]3(C)O[Si]4(C(C)C)O[Si](C(C)C)(O1)O[Si]1(C(C)C)O[Si](C(C)C)(O2)O[Si](C(C)C)(O3)O[Si](C(C)C)(O4)O1. The summed E-state index contributed by atoms with van der Waals surface area (Å²) in [5.41, 5.74) is -1.48. The molecular weight excluding hydrogens is 681 g/mol. The van der Waals surface area contributed by atoms with Crippen LogP contribution in [0, 0.1) is 0 Å². The van der Waals surface area contributed by atoms with Crippen LogP contribution in [0.15, 0.2) is 0 Å². The second-order valence-corrected chi connectivity index (χ2v) is 42.5. The summed E-state index contributed by atoms with van der Waals surface area (Å²) in [5, 5.41) is 0. The van der Waals surface area contributed by atoms with Crippen LogP contribution in [0.1, 0.15) is 96.9 Å². The Balaban J connectivity index is 1.97. The van der Waals surface area contributed by atoms with E-state index >= 15 is 0 Å². The van der Waals surface area contributed by atoms with Gasteiger partial charge in [0.1, 0.15) is 0 Å². The lowest BCUT2D eigenvalue weighted by Gasteiger charge is -2.65. The molecule has 0 aromatic rings. The van der Waals surface area contributed by atoms with Gasteiger partial charge >= 0.3 is 70.4 Å². The summed E-state index contributed by atoms with van der Waals surface area (Å²) in [6.07, 6.45) is 0. The van der Waals surface area contributed by atoms with Gasteiger partial charge in [0, 0.05) is 45.3 Å². The summed E-state index contributed by atoms with van der Waals surface area (Å²) in [4.78, 5) is 0. The maximum atomic E-state index is 7.42. The van der Waals surface area contributed by atoms with Gasteiger partial charge in [-0.1, -0.05) is 96.9 Å². The quantitative estimate of drug-likeness (QED) is 0.276. The molecule has 0 aromatic heterocycles. The van der Waals surface area contributed by atoms with E-state index in [1.54, 1.807) is 0 Å². The van der Waals surface area contributed by atoms with Gasteiger partial charge in [-0.25, -0.2) is 0 Å². The Hall–Kier alpha value is 1.26. The molecule has 0 N–H and O–H groups in total. The molecule has 8 bridgehead atoms. The zero-order chi connectivity index (χ0) is 31.5. The van der Waals surface area contributed by atoms with E-state index in [1.807, 2.05) is 103 Å². The normalized spacial score (nSPS) is 49.0. The van der Waals surface area contributed by atoms with E-state index in [9.17, 15) is 0 Å². The summed E-state index contributed by atoms with van der Waals surface area (Å²) in [7, 11) is -30.2. The molecule has 0 aromatic carbocycles. The lowest BCUT2D eigenvalue weighted by Crippen LogP contribution is -2.90. The van der Waals surface area contributed by atoms with Gasteiger partial charge in [0.2, 0.25) is 0 Å². The van der Waals surface area contributed by atoms with Gasteiger partial charge < -0.3 is 49.4 Å². The first-order chi connectivity index (χ1) is 19.1. The highest BCUT2D eigenvalue weighted by Gasteiger charge is 2.85. The number of hydrogen-bond acceptors (Lipinski definition) is 12. The van der Waals surface area contributed by atoms with Crippen molar-refractivity contribution in [1.82, 2.24) is 0 Å². The van der Waals surface area contributed by atoms with E-state index in [1.165, 1.54) is 0 Å². The average Bonchev–Trinajstić information content (AvgIpc) is 2.76. The summed E-state index contributed by atoms with van der Waals surface area (Å²) >= 11 is 0. The van der Waals surface area contributed by atoms with Crippen LogP contribution in [-0.2, 0) is 49.4 Å². The molecule has 42 heavy (non-hydrogen) atoms. The molecule has 12 nitrogen and oxygen atoms in total. The van der Waals surface area contributed by atoms with Crippen molar-refractivity contribution in [3.63, 3.8) is 0 Å². The molecule has 0 amide bonds. The summed E-state index contributed by atoms with van der Waals surface area (Å²) in [6, 6.07) is 0. The van der Waals surface area contributed by atoms with Gasteiger partial charge in [0.25, 0.3) is 0 Å². The second-order valence-electron chi connectivity index (χ2n) is 14.4. The van der Waals surface area contributed by atoms with Gasteiger partial charge in [0.15, 0.2) is 0 Å². The maximum Gasteiger partial charge on any atom is 0.481 e. The van der Waals surface area contributed by atoms with Crippen molar-refractivity contribution >= 4 is 70.4 Å². The molecule has 0 unspecified atom stereocenters. The van der Waals surface area contributed by atoms with Gasteiger partial charge in [-0.15, -0.1) is 0 Å². The molecule has 0 spiro atoms. The zero-order valence-electron chi connectivity index (χ0n) is 27.9. The van der Waals surface area contributed by atoms with Crippen molar-refractivity contribution in [1.29, 1.82) is 0 Å². The van der Waals surface area contributed by atoms with Gasteiger partial charge in [-0.05, 0) is 0 Å². The van der Waals surface area contributed by atoms with E-state index < -0.39 is 70.4 Å². The Morgan fingerprint density at radius 1 is 0.238 bits per heavy atom. The van der Waals surface area contributed by atoms with E-state index in [0.29, 0.717) is 0 Å². The standard InChI is InChI=1S/C22H52O12Si8/c1-16(2)36-23-35(15)24-37(17(3)4)28-39(26-36,19(7)8)32-42(22(13)14)33-40(27-36,20(9)10)29-38(25-35,18(5)6)31-41(30-37,34-42)21(11)12/h16-22H,1-15H3. The number of hydrogen-bond donors (Lipinski definition) is 0. The minimum atomic E-state index is -3.81. The van der Waals surface area contributed by atoms with E-state index in [0.717, 1.165) is 0 Å². The van der Waals surface area contributed by atoms with Crippen molar-refractivity contribution in [2.75, 3.05) is 0 Å². The number of rotatable bonds is 7. The fourth-order valence-corrected chi connectivity index (χ4v) is 58.8. The van der Waals surface area contributed by atoms with Crippen molar-refractivity contribution in [3.05, 3.63) is 0 Å². The highest BCUT2D eigenvalue weighted by molar-refractivity contribution is 7.04. The molecule has 6 heterocycles. The summed E-state index contributed by atoms with van der Waals surface area (Å²) in [6.45, 7) is 30.5. The highest BCUT2D eigenvalue weighted by atomic mass is 28.6. The van der Waals surface area contributed by atoms with E-state index in [2.05, 4.69) is 0 Å². The fourth-order valence-electron chi connectivity index (χ4n) is 5.53. The molecule has 0 radical (unpaired) electrons. The Morgan fingerprint density at radius 2 is 0.357 bits per heavy atom. The minimum Gasteiger partial charge on any atom is -0.373 e. The van der Waals surface area contributed by atoms with Crippen LogP contribution in [0.4, 0.5) is 0 Å². The summed E-state index contributed by atoms with van der Waals surface area (Å²) < 4.78 is 88.1. The fraction of sp³-hybridized carbons (Fsp3) is 1.00. The lowest BCUT2D eigenvalue weighted by atomic mass is 10.6. The first-order valence-electron chi connectivity index (χ1n) is 15.5. The van der Waals surface area contributed by atoms with Crippen LogP contribution in [0.2, 0.25) is 45.3 Å². The molecule has 6 fully saturated rings. The van der Waals surface area contributed by atoms with Crippen LogP contribution >= 0.6 is 0 Å². The Kier molecular flexibility index (Phi) is 8.75. The predicted octanol–water partition coefficient (Wildman–Crippen LogP) is 6.26. The van der Waals surface area contributed by atoms with E-state index in [4.69, 9.17) is 49.4 Å². The molecule has 244 valence electrons. The van der Waals surface area contributed by atoms with Crippen LogP contribution in [-0.4, -0.2) is 70.4 Å². The third kappa shape index (κ3) is 5.03. The van der Waals surface area contributed by atoms with Crippen LogP contribution in [0.25, 0.3) is 0 Å². The second kappa shape index (κ2) is 10.6. The molecule has 20 heteroatoms. The molecule has 6 rings (SSSR count). The smallest absolute Gasteiger partial charge is 0.373 e. The Morgan fingerprint density at radius 3 is 0.476 bits per heavy atom. The molecule has 0 atom stereocenters. The third-order valence-corrected chi connectivity index (χ3v) is 46.7. The lowest BCUT2D eigenvalue weighted by molar-refractivity contribution is -0.0406. The van der Waals surface area contributed by atoms with Crippen molar-refractivity contribution in [2.45, 2.75) is 142 Å². The van der Waals surface area contributed by atoms with E-state index in [-0.39, 0.29) is 38.8 Å². The summed E-state index contributed by atoms with van der Waals surface area (Å²) in [5.74, 6) is 0. The van der Waals surface area contributed by atoms with Gasteiger partial charge in [-0.3, -0.25) is 0 Å². The van der Waals surface area contributed by atoms with Crippen LogP contribution in [0.3, 0.4) is 0 Å². The maximum absolute atomic E-state index is 7.42. The average molecular weight is 733 g/mol. The molecule has 0 aliphatic carbocycles. The minimum absolute atomic E-state index is 0.209.